The molecule has 29 heavy (non-hydrogen) atoms. The average Bonchev–Trinajstić information content (AvgIpc) is 2.76. The monoisotopic (exact) mass is 396 g/mol. The zero-order valence-corrected chi connectivity index (χ0v) is 16.7. The van der Waals surface area contributed by atoms with Crippen LogP contribution >= 0.6 is 0 Å². The summed E-state index contributed by atoms with van der Waals surface area (Å²) in [5.74, 6) is -0.404. The van der Waals surface area contributed by atoms with E-state index < -0.39 is 24.1 Å². The third-order valence-electron chi connectivity index (χ3n) is 4.46. The first-order valence-electron chi connectivity index (χ1n) is 9.89. The van der Waals surface area contributed by atoms with Crippen LogP contribution in [0.15, 0.2) is 60.7 Å². The number of hydrogen-bond donors (Lipinski definition) is 2. The molecule has 2 N–H and O–H groups in total. The summed E-state index contributed by atoms with van der Waals surface area (Å²) in [6, 6.07) is 17.3. The number of nitrogens with one attached hydrogen (secondary N) is 2. The molecule has 0 aliphatic heterocycles. The third kappa shape index (κ3) is 8.17. The van der Waals surface area contributed by atoms with E-state index in [1.54, 1.807) is 0 Å². The summed E-state index contributed by atoms with van der Waals surface area (Å²) in [6.45, 7) is 2.13. The molecule has 0 aliphatic rings. The molecule has 0 aliphatic carbocycles. The van der Waals surface area contributed by atoms with Crippen molar-refractivity contribution in [1.29, 1.82) is 0 Å². The molecule has 0 fully saturated rings. The first kappa shape index (κ1) is 22.1. The maximum Gasteiger partial charge on any atom is 0.408 e. The van der Waals surface area contributed by atoms with Gasteiger partial charge >= 0.3 is 6.09 Å². The van der Waals surface area contributed by atoms with Crippen LogP contribution in [0.2, 0.25) is 0 Å². The summed E-state index contributed by atoms with van der Waals surface area (Å²) in [4.78, 5) is 36.3. The molecule has 2 rings (SSSR count). The summed E-state index contributed by atoms with van der Waals surface area (Å²) >= 11 is 0. The van der Waals surface area contributed by atoms with Crippen molar-refractivity contribution < 1.29 is 19.1 Å². The predicted octanol–water partition coefficient (Wildman–Crippen LogP) is 3.40. The first-order valence-corrected chi connectivity index (χ1v) is 9.89. The molecule has 6 heteroatoms. The van der Waals surface area contributed by atoms with Crippen molar-refractivity contribution in [3.8, 4) is 0 Å². The van der Waals surface area contributed by atoms with Gasteiger partial charge in [0.05, 0.1) is 6.04 Å². The topological polar surface area (TPSA) is 84.5 Å². The number of alkyl carbamates (subject to hydrolysis) is 1. The molecule has 2 atom stereocenters. The van der Waals surface area contributed by atoms with Crippen LogP contribution < -0.4 is 10.6 Å². The van der Waals surface area contributed by atoms with E-state index in [2.05, 4.69) is 10.6 Å². The van der Waals surface area contributed by atoms with E-state index in [9.17, 15) is 14.4 Å². The second-order valence-electron chi connectivity index (χ2n) is 6.84. The van der Waals surface area contributed by atoms with Crippen LogP contribution in [-0.2, 0) is 27.4 Å². The highest BCUT2D eigenvalue weighted by atomic mass is 16.5. The highest BCUT2D eigenvalue weighted by Gasteiger charge is 2.24. The second kappa shape index (κ2) is 12.3. The van der Waals surface area contributed by atoms with Gasteiger partial charge in [0.25, 0.3) is 0 Å². The fraction of sp³-hybridized carbons (Fsp3) is 0.348. The third-order valence-corrected chi connectivity index (χ3v) is 4.46. The number of carbonyl (C=O) groups excluding carboxylic acids is 3. The molecule has 0 bridgehead atoms. The van der Waals surface area contributed by atoms with Gasteiger partial charge in [-0.3, -0.25) is 4.79 Å². The lowest BCUT2D eigenvalue weighted by molar-refractivity contribution is -0.125. The number of unbranched alkanes of at least 4 members (excludes halogenated alkanes) is 1. The van der Waals surface area contributed by atoms with E-state index in [0.717, 1.165) is 30.3 Å². The standard InChI is InChI=1S/C23H28N2O4/c1-2-3-14-20(16-26)24-22(27)21(15-18-10-6-4-7-11-18)25-23(28)29-17-19-12-8-5-9-13-19/h4-13,16,20-21H,2-3,14-15,17H2,1H3,(H,24,27)(H,25,28)/t20-,21-/m0/s1. The number of carbonyl (C=O) groups is 3. The lowest BCUT2D eigenvalue weighted by Crippen LogP contribution is -2.51. The average molecular weight is 396 g/mol. The second-order valence-corrected chi connectivity index (χ2v) is 6.84. The van der Waals surface area contributed by atoms with Crippen molar-refractivity contribution in [3.63, 3.8) is 0 Å². The molecule has 0 spiro atoms. The first-order chi connectivity index (χ1) is 14.1. The minimum Gasteiger partial charge on any atom is -0.445 e. The van der Waals surface area contributed by atoms with Gasteiger partial charge in [0.15, 0.2) is 0 Å². The zero-order chi connectivity index (χ0) is 20.9. The van der Waals surface area contributed by atoms with E-state index in [0.29, 0.717) is 12.8 Å². The molecular formula is C23H28N2O4. The van der Waals surface area contributed by atoms with Gasteiger partial charge in [0.1, 0.15) is 18.9 Å². The SMILES string of the molecule is CCCC[C@@H](C=O)NC(=O)[C@H](Cc1ccccc1)NC(=O)OCc1ccccc1. The number of rotatable bonds is 11. The molecule has 0 saturated carbocycles. The minimum atomic E-state index is -0.843. The maximum absolute atomic E-state index is 12.7. The minimum absolute atomic E-state index is 0.111. The Balaban J connectivity index is 2.00. The van der Waals surface area contributed by atoms with Crippen LogP contribution in [0, 0.1) is 0 Å². The van der Waals surface area contributed by atoms with Gasteiger partial charge in [0.2, 0.25) is 5.91 Å². The number of ether oxygens (including phenoxy) is 1. The Morgan fingerprint density at radius 3 is 2.17 bits per heavy atom. The van der Waals surface area contributed by atoms with Gasteiger partial charge in [-0.15, -0.1) is 0 Å². The summed E-state index contributed by atoms with van der Waals surface area (Å²) in [6.07, 6.45) is 2.69. The Hall–Kier alpha value is -3.15. The predicted molar refractivity (Wildman–Crippen MR) is 111 cm³/mol. The fourth-order valence-electron chi connectivity index (χ4n) is 2.85. The van der Waals surface area contributed by atoms with Gasteiger partial charge in [-0.2, -0.15) is 0 Å². The van der Waals surface area contributed by atoms with E-state index in [1.807, 2.05) is 67.6 Å². The van der Waals surface area contributed by atoms with Gasteiger partial charge < -0.3 is 20.2 Å². The number of aldehydes is 1. The molecule has 2 amide bonds. The quantitative estimate of drug-likeness (QED) is 0.570. The summed E-state index contributed by atoms with van der Waals surface area (Å²) in [5.41, 5.74) is 1.75. The normalized spacial score (nSPS) is 12.4. The van der Waals surface area contributed by atoms with Gasteiger partial charge in [-0.25, -0.2) is 4.79 Å². The molecule has 0 unspecified atom stereocenters. The summed E-state index contributed by atoms with van der Waals surface area (Å²) < 4.78 is 5.24. The highest BCUT2D eigenvalue weighted by Crippen LogP contribution is 2.06. The van der Waals surface area contributed by atoms with Gasteiger partial charge in [-0.05, 0) is 17.5 Å². The van der Waals surface area contributed by atoms with E-state index in [4.69, 9.17) is 4.74 Å². The summed E-state index contributed by atoms with van der Waals surface area (Å²) in [7, 11) is 0. The molecule has 0 saturated heterocycles. The Morgan fingerprint density at radius 2 is 1.59 bits per heavy atom. The van der Waals surface area contributed by atoms with Crippen molar-refractivity contribution in [2.75, 3.05) is 0 Å². The Kier molecular flexibility index (Phi) is 9.42. The van der Waals surface area contributed by atoms with Crippen molar-refractivity contribution in [3.05, 3.63) is 71.8 Å². The lowest BCUT2D eigenvalue weighted by Gasteiger charge is -2.21. The van der Waals surface area contributed by atoms with E-state index in [1.165, 1.54) is 0 Å². The Bertz CT molecular complexity index is 765. The van der Waals surface area contributed by atoms with Crippen molar-refractivity contribution in [2.24, 2.45) is 0 Å². The number of amides is 2. The van der Waals surface area contributed by atoms with Crippen LogP contribution in [0.3, 0.4) is 0 Å². The van der Waals surface area contributed by atoms with Crippen LogP contribution in [0.4, 0.5) is 4.79 Å². The maximum atomic E-state index is 12.7. The Labute approximate surface area is 171 Å². The van der Waals surface area contributed by atoms with Crippen LogP contribution in [0.25, 0.3) is 0 Å². The molecule has 0 heterocycles. The molecule has 0 aromatic heterocycles. The molecule has 2 aromatic carbocycles. The molecular weight excluding hydrogens is 368 g/mol. The molecule has 6 nitrogen and oxygen atoms in total. The molecule has 154 valence electrons. The largest absolute Gasteiger partial charge is 0.445 e. The van der Waals surface area contributed by atoms with Gasteiger partial charge in [-0.1, -0.05) is 80.4 Å². The smallest absolute Gasteiger partial charge is 0.408 e. The van der Waals surface area contributed by atoms with Crippen LogP contribution in [-0.4, -0.2) is 30.4 Å². The Morgan fingerprint density at radius 1 is 0.966 bits per heavy atom. The van der Waals surface area contributed by atoms with Crippen LogP contribution in [0.5, 0.6) is 0 Å². The molecule has 2 aromatic rings. The number of hydrogen-bond acceptors (Lipinski definition) is 4. The highest BCUT2D eigenvalue weighted by molar-refractivity contribution is 5.87. The van der Waals surface area contributed by atoms with Crippen molar-refractivity contribution >= 4 is 18.3 Å². The van der Waals surface area contributed by atoms with Crippen molar-refractivity contribution in [1.82, 2.24) is 10.6 Å². The lowest BCUT2D eigenvalue weighted by atomic mass is 10.0. The van der Waals surface area contributed by atoms with Crippen molar-refractivity contribution in [2.45, 2.75) is 51.3 Å². The summed E-state index contributed by atoms with van der Waals surface area (Å²) in [5, 5.41) is 5.36. The van der Waals surface area contributed by atoms with Gasteiger partial charge in [0, 0.05) is 6.42 Å². The van der Waals surface area contributed by atoms with Crippen LogP contribution in [0.1, 0.15) is 37.3 Å². The van der Waals surface area contributed by atoms with E-state index >= 15 is 0 Å². The fourth-order valence-corrected chi connectivity index (χ4v) is 2.85. The number of benzene rings is 2. The molecule has 0 radical (unpaired) electrons. The van der Waals surface area contributed by atoms with E-state index in [-0.39, 0.29) is 6.61 Å². The zero-order valence-electron chi connectivity index (χ0n) is 16.7.